The van der Waals surface area contributed by atoms with Crippen LogP contribution in [0.25, 0.3) is 5.82 Å². The van der Waals surface area contributed by atoms with Crippen molar-refractivity contribution >= 4 is 39.2 Å². The van der Waals surface area contributed by atoms with Crippen molar-refractivity contribution in [2.45, 2.75) is 83.8 Å². The first-order chi connectivity index (χ1) is 25.8. The Hall–Kier alpha value is -5.71. The van der Waals surface area contributed by atoms with Crippen LogP contribution in [-0.2, 0) is 50.7 Å². The number of ether oxygens (including phenoxy) is 1. The minimum absolute atomic E-state index is 0.0583. The van der Waals surface area contributed by atoms with E-state index >= 15 is 8.78 Å². The fourth-order valence-corrected chi connectivity index (χ4v) is 6.93. The van der Waals surface area contributed by atoms with E-state index in [4.69, 9.17) is 4.74 Å². The topological polar surface area (TPSA) is 188 Å². The van der Waals surface area contributed by atoms with Gasteiger partial charge in [0.05, 0.1) is 22.3 Å². The Morgan fingerprint density at radius 1 is 0.964 bits per heavy atom. The lowest BCUT2D eigenvalue weighted by Crippen LogP contribution is -2.44. The Labute approximate surface area is 316 Å². The molecule has 0 fully saturated rings. The molecule has 0 aliphatic heterocycles. The van der Waals surface area contributed by atoms with Crippen molar-refractivity contribution in [1.29, 1.82) is 0 Å². The highest BCUT2D eigenvalue weighted by atomic mass is 32.2. The number of aromatic nitrogens is 3. The minimum Gasteiger partial charge on any atom is -0.461 e. The van der Waals surface area contributed by atoms with Gasteiger partial charge in [-0.05, 0) is 81.5 Å². The molecule has 2 aromatic carbocycles. The second kappa shape index (κ2) is 15.9. The third-order valence-corrected chi connectivity index (χ3v) is 10.2. The van der Waals surface area contributed by atoms with Crippen LogP contribution in [0.4, 0.5) is 20.2 Å². The third kappa shape index (κ3) is 9.16. The van der Waals surface area contributed by atoms with Crippen molar-refractivity contribution in [1.82, 2.24) is 19.4 Å². The van der Waals surface area contributed by atoms with E-state index in [-0.39, 0.29) is 23.0 Å². The Morgan fingerprint density at radius 3 is 2.25 bits per heavy atom. The average Bonchev–Trinajstić information content (AvgIpc) is 3.12. The van der Waals surface area contributed by atoms with Gasteiger partial charge in [0.1, 0.15) is 23.5 Å². The second-order valence-electron chi connectivity index (χ2n) is 14.5. The van der Waals surface area contributed by atoms with E-state index < -0.39 is 73.6 Å². The number of fused-ring (bicyclic) bond motifs is 1. The predicted molar refractivity (Wildman–Crippen MR) is 200 cm³/mol. The number of nitrogens with one attached hydrogen (secondary N) is 3. The number of esters is 1. The van der Waals surface area contributed by atoms with Gasteiger partial charge >= 0.3 is 11.7 Å². The number of carbonyl (C=O) groups excluding carboxylic acids is 3. The first-order valence-corrected chi connectivity index (χ1v) is 19.0. The van der Waals surface area contributed by atoms with Crippen LogP contribution in [0.2, 0.25) is 0 Å². The van der Waals surface area contributed by atoms with Crippen molar-refractivity contribution in [2.75, 3.05) is 10.0 Å². The van der Waals surface area contributed by atoms with Crippen LogP contribution in [0.3, 0.4) is 0 Å². The molecule has 2 heterocycles. The van der Waals surface area contributed by atoms with E-state index in [1.54, 1.807) is 41.7 Å². The van der Waals surface area contributed by atoms with Crippen molar-refractivity contribution < 1.29 is 36.3 Å². The zero-order valence-electron chi connectivity index (χ0n) is 31.2. The third-order valence-electron chi connectivity index (χ3n) is 8.85. The van der Waals surface area contributed by atoms with Crippen molar-refractivity contribution in [3.05, 3.63) is 110 Å². The summed E-state index contributed by atoms with van der Waals surface area (Å²) in [5.74, 6) is -4.90. The summed E-state index contributed by atoms with van der Waals surface area (Å²) in [6.07, 6.45) is 3.36. The van der Waals surface area contributed by atoms with Gasteiger partial charge in [0.15, 0.2) is 0 Å². The van der Waals surface area contributed by atoms with Crippen LogP contribution >= 0.6 is 0 Å². The molecule has 2 aromatic heterocycles. The highest BCUT2D eigenvalue weighted by molar-refractivity contribution is 7.92. The summed E-state index contributed by atoms with van der Waals surface area (Å²) in [6, 6.07) is 7.52. The van der Waals surface area contributed by atoms with Crippen LogP contribution in [-0.4, -0.2) is 52.5 Å². The fraction of sp³-hybridized carbons (Fsp3) is 0.368. The molecule has 0 saturated heterocycles. The molecular formula is C38H42F2N6O8S. The zero-order chi connectivity index (χ0) is 40.4. The van der Waals surface area contributed by atoms with E-state index in [1.807, 2.05) is 4.72 Å². The van der Waals surface area contributed by atoms with Gasteiger partial charge in [-0.25, -0.2) is 36.3 Å². The summed E-state index contributed by atoms with van der Waals surface area (Å²) >= 11 is 0. The van der Waals surface area contributed by atoms with E-state index in [0.717, 1.165) is 17.4 Å². The maximum atomic E-state index is 15.3. The lowest BCUT2D eigenvalue weighted by atomic mass is 9.95. The average molecular weight is 781 g/mol. The van der Waals surface area contributed by atoms with Gasteiger partial charge < -0.3 is 15.4 Å². The molecule has 0 radical (unpaired) electrons. The van der Waals surface area contributed by atoms with Gasteiger partial charge in [-0.1, -0.05) is 26.8 Å². The Morgan fingerprint density at radius 2 is 1.64 bits per heavy atom. The van der Waals surface area contributed by atoms with Crippen LogP contribution in [0.15, 0.2) is 69.2 Å². The molecule has 17 heteroatoms. The smallest absolute Gasteiger partial charge is 0.336 e. The molecule has 0 unspecified atom stereocenters. The van der Waals surface area contributed by atoms with Crippen molar-refractivity contribution in [2.24, 2.45) is 12.5 Å². The van der Waals surface area contributed by atoms with E-state index in [0.29, 0.717) is 47.5 Å². The highest BCUT2D eigenvalue weighted by Crippen LogP contribution is 2.25. The molecule has 292 valence electrons. The maximum Gasteiger partial charge on any atom is 0.336 e. The maximum absolute atomic E-state index is 15.3. The molecule has 5 rings (SSSR count). The zero-order valence-corrected chi connectivity index (χ0v) is 32.0. The number of anilines is 2. The van der Waals surface area contributed by atoms with Gasteiger partial charge in [-0.3, -0.25) is 23.7 Å². The predicted octanol–water partition coefficient (Wildman–Crippen LogP) is 4.17. The molecule has 4 aromatic rings. The van der Waals surface area contributed by atoms with Crippen molar-refractivity contribution in [3.63, 3.8) is 0 Å². The number of amides is 2. The number of carbonyl (C=O) groups is 3. The summed E-state index contributed by atoms with van der Waals surface area (Å²) in [4.78, 5) is 69.0. The lowest BCUT2D eigenvalue weighted by Gasteiger charge is -2.21. The van der Waals surface area contributed by atoms with Gasteiger partial charge in [0, 0.05) is 48.1 Å². The Bertz CT molecular complexity index is 2370. The first kappa shape index (κ1) is 40.5. The van der Waals surface area contributed by atoms with Crippen LogP contribution in [0.1, 0.15) is 74.6 Å². The molecule has 14 nitrogen and oxygen atoms in total. The van der Waals surface area contributed by atoms with Crippen LogP contribution in [0, 0.1) is 17.0 Å². The summed E-state index contributed by atoms with van der Waals surface area (Å²) in [7, 11) is -2.84. The molecule has 0 spiro atoms. The summed E-state index contributed by atoms with van der Waals surface area (Å²) < 4.78 is 66.3. The van der Waals surface area contributed by atoms with Gasteiger partial charge in [0.2, 0.25) is 5.91 Å². The molecule has 0 saturated carbocycles. The highest BCUT2D eigenvalue weighted by Gasteiger charge is 2.28. The molecule has 0 bridgehead atoms. The first-order valence-electron chi connectivity index (χ1n) is 17.5. The number of hydrogen-bond donors (Lipinski definition) is 3. The number of hydrogen-bond acceptors (Lipinski definition) is 9. The number of halogens is 2. The summed E-state index contributed by atoms with van der Waals surface area (Å²) in [6.45, 7) is 8.28. The SMILES string of the molecule is CC(C)OC(=O)[C@H](Cc1ccc(-n2c(=O)c3c(n(C)c2=O)CCCC3)nc1)NC(=O)c1cc(F)c(NS(=O)(=O)c2ccc(NC(=O)C(C)(C)C)cc2)cc1F. The molecule has 2 amide bonds. The van der Waals surface area contributed by atoms with Crippen molar-refractivity contribution in [3.8, 4) is 5.82 Å². The summed E-state index contributed by atoms with van der Waals surface area (Å²) in [5.41, 5.74) is -1.35. The molecular weight excluding hydrogens is 739 g/mol. The normalized spacial score (nSPS) is 13.5. The summed E-state index contributed by atoms with van der Waals surface area (Å²) in [5, 5.41) is 5.01. The Balaban J connectivity index is 1.33. The van der Waals surface area contributed by atoms with E-state index in [9.17, 15) is 32.4 Å². The molecule has 1 aliphatic carbocycles. The lowest BCUT2D eigenvalue weighted by molar-refractivity contribution is -0.149. The van der Waals surface area contributed by atoms with Crippen LogP contribution < -0.4 is 26.6 Å². The van der Waals surface area contributed by atoms with Gasteiger partial charge in [0.25, 0.3) is 21.5 Å². The van der Waals surface area contributed by atoms with E-state index in [2.05, 4.69) is 15.6 Å². The van der Waals surface area contributed by atoms with Crippen LogP contribution in [0.5, 0.6) is 0 Å². The fourth-order valence-electron chi connectivity index (χ4n) is 5.87. The standard InChI is InChI=1S/C38H42F2N6O8S/c1-21(2)54-35(49)30(17-22-11-16-32(41-20-22)46-34(48)25-9-7-8-10-31(25)45(6)37(46)51)43-33(47)26-18-28(40)29(19-27(26)39)44-55(52,53)24-14-12-23(13-15-24)42-36(50)38(3,4)5/h11-16,18-21,30,44H,7-10,17H2,1-6H3,(H,42,50)(H,43,47)/t30-/m0/s1. The molecule has 1 aliphatic rings. The Kier molecular flexibility index (Phi) is 11.7. The number of benzene rings is 2. The number of rotatable bonds is 11. The second-order valence-corrected chi connectivity index (χ2v) is 16.2. The number of pyridine rings is 1. The van der Waals surface area contributed by atoms with Gasteiger partial charge in [-0.2, -0.15) is 0 Å². The largest absolute Gasteiger partial charge is 0.461 e. The molecule has 55 heavy (non-hydrogen) atoms. The monoisotopic (exact) mass is 780 g/mol. The number of sulfonamides is 1. The molecule has 3 N–H and O–H groups in total. The number of nitrogens with zero attached hydrogens (tertiary/aromatic N) is 3. The minimum atomic E-state index is -4.44. The molecule has 1 atom stereocenters. The quantitative estimate of drug-likeness (QED) is 0.188. The van der Waals surface area contributed by atoms with Gasteiger partial charge in [-0.15, -0.1) is 0 Å². The van der Waals surface area contributed by atoms with E-state index in [1.165, 1.54) is 47.2 Å².